The van der Waals surface area contributed by atoms with E-state index in [0.717, 1.165) is 17.3 Å². The number of nitrogens with zero attached hydrogens (tertiary/aromatic N) is 2. The predicted octanol–water partition coefficient (Wildman–Crippen LogP) is 1.29. The van der Waals surface area contributed by atoms with E-state index in [1.54, 1.807) is 44.4 Å². The number of amides is 1. The van der Waals surface area contributed by atoms with Gasteiger partial charge in [-0.1, -0.05) is 48.6 Å². The van der Waals surface area contributed by atoms with Gasteiger partial charge < -0.3 is 20.4 Å². The lowest BCUT2D eigenvalue weighted by Gasteiger charge is -2.26. The molecule has 0 fully saturated rings. The molecule has 0 aliphatic carbocycles. The first kappa shape index (κ1) is 25.8. The highest BCUT2D eigenvalue weighted by molar-refractivity contribution is 8.00. The van der Waals surface area contributed by atoms with E-state index in [0.29, 0.717) is 5.57 Å². The first-order valence-corrected chi connectivity index (χ1v) is 10.9. The van der Waals surface area contributed by atoms with E-state index in [1.165, 1.54) is 23.3 Å². The molecular weight excluding hydrogens is 450 g/mol. The SMILES string of the molecule is CN(C)OC(=O)C/C=C/C=C1\CSC(C(NC(=O)Cc2ccccc2)C(=O)O)N=C1C(=O)O. The minimum absolute atomic E-state index is 0.00813. The van der Waals surface area contributed by atoms with Crippen LogP contribution < -0.4 is 5.32 Å². The van der Waals surface area contributed by atoms with Crippen LogP contribution in [0.5, 0.6) is 0 Å². The number of carboxylic acid groups (broad SMARTS) is 2. The number of carbonyl (C=O) groups excluding carboxylic acids is 2. The van der Waals surface area contributed by atoms with Crippen LogP contribution in [0.1, 0.15) is 12.0 Å². The van der Waals surface area contributed by atoms with Crippen LogP contribution in [0.2, 0.25) is 0 Å². The number of rotatable bonds is 10. The van der Waals surface area contributed by atoms with Crippen molar-refractivity contribution in [1.82, 2.24) is 10.4 Å². The van der Waals surface area contributed by atoms with E-state index in [1.807, 2.05) is 0 Å². The molecule has 3 N–H and O–H groups in total. The average Bonchev–Trinajstić information content (AvgIpc) is 2.75. The predicted molar refractivity (Wildman–Crippen MR) is 123 cm³/mol. The van der Waals surface area contributed by atoms with Gasteiger partial charge in [0, 0.05) is 19.8 Å². The average molecular weight is 476 g/mol. The van der Waals surface area contributed by atoms with Crippen LogP contribution in [-0.4, -0.2) is 76.1 Å². The number of hydroxylamine groups is 2. The number of hydrogen-bond donors (Lipinski definition) is 3. The lowest BCUT2D eigenvalue weighted by molar-refractivity contribution is -0.177. The van der Waals surface area contributed by atoms with E-state index < -0.39 is 35.2 Å². The second-order valence-corrected chi connectivity index (χ2v) is 8.24. The minimum Gasteiger partial charge on any atom is -0.480 e. The maximum absolute atomic E-state index is 12.3. The number of nitrogens with one attached hydrogen (secondary N) is 1. The smallest absolute Gasteiger partial charge is 0.354 e. The Balaban J connectivity index is 2.10. The van der Waals surface area contributed by atoms with Crippen molar-refractivity contribution in [2.75, 3.05) is 19.8 Å². The van der Waals surface area contributed by atoms with E-state index >= 15 is 0 Å². The highest BCUT2D eigenvalue weighted by Crippen LogP contribution is 2.27. The van der Waals surface area contributed by atoms with Gasteiger partial charge >= 0.3 is 17.9 Å². The minimum atomic E-state index is -1.39. The summed E-state index contributed by atoms with van der Waals surface area (Å²) in [6, 6.07) is 7.44. The summed E-state index contributed by atoms with van der Waals surface area (Å²) < 4.78 is 0. The van der Waals surface area contributed by atoms with Crippen LogP contribution in [0.25, 0.3) is 0 Å². The molecule has 0 saturated heterocycles. The fourth-order valence-electron chi connectivity index (χ4n) is 2.83. The quantitative estimate of drug-likeness (QED) is 0.426. The van der Waals surface area contributed by atoms with Crippen molar-refractivity contribution < 1.29 is 34.2 Å². The zero-order valence-electron chi connectivity index (χ0n) is 18.1. The van der Waals surface area contributed by atoms with Gasteiger partial charge in [-0.15, -0.1) is 16.8 Å². The lowest BCUT2D eigenvalue weighted by atomic mass is 10.1. The van der Waals surface area contributed by atoms with Crippen molar-refractivity contribution >= 4 is 41.3 Å². The maximum Gasteiger partial charge on any atom is 0.354 e. The maximum atomic E-state index is 12.3. The molecule has 2 rings (SSSR count). The monoisotopic (exact) mass is 475 g/mol. The van der Waals surface area contributed by atoms with Crippen LogP contribution in [0.4, 0.5) is 0 Å². The Labute approximate surface area is 195 Å². The number of allylic oxidation sites excluding steroid dienone is 2. The molecule has 0 radical (unpaired) electrons. The van der Waals surface area contributed by atoms with E-state index in [2.05, 4.69) is 10.3 Å². The van der Waals surface area contributed by atoms with Crippen LogP contribution >= 0.6 is 11.8 Å². The number of benzene rings is 1. The largest absolute Gasteiger partial charge is 0.480 e. The van der Waals surface area contributed by atoms with Crippen molar-refractivity contribution in [3.05, 3.63) is 59.7 Å². The molecule has 1 aliphatic rings. The second kappa shape index (κ2) is 12.6. The molecule has 1 amide bonds. The normalized spacial score (nSPS) is 18.1. The van der Waals surface area contributed by atoms with Gasteiger partial charge in [0.1, 0.15) is 11.1 Å². The van der Waals surface area contributed by atoms with Gasteiger partial charge in [0.15, 0.2) is 6.04 Å². The number of hydrogen-bond acceptors (Lipinski definition) is 8. The third-order valence-electron chi connectivity index (χ3n) is 4.25. The van der Waals surface area contributed by atoms with Gasteiger partial charge in [-0.2, -0.15) is 0 Å². The molecular formula is C22H25N3O7S. The third-order valence-corrected chi connectivity index (χ3v) is 5.45. The van der Waals surface area contributed by atoms with Gasteiger partial charge in [-0.3, -0.25) is 14.6 Å². The van der Waals surface area contributed by atoms with Crippen LogP contribution in [0.3, 0.4) is 0 Å². The number of carbonyl (C=O) groups is 4. The summed E-state index contributed by atoms with van der Waals surface area (Å²) in [5.41, 5.74) is 0.792. The van der Waals surface area contributed by atoms with Crippen LogP contribution in [0.15, 0.2) is 59.1 Å². The Morgan fingerprint density at radius 1 is 1.24 bits per heavy atom. The summed E-state index contributed by atoms with van der Waals surface area (Å²) in [5, 5.41) is 21.8. The Hall–Kier alpha value is -3.44. The fraction of sp³-hybridized carbons (Fsp3) is 0.318. The highest BCUT2D eigenvalue weighted by Gasteiger charge is 2.34. The molecule has 10 nitrogen and oxygen atoms in total. The van der Waals surface area contributed by atoms with Crippen molar-refractivity contribution in [2.45, 2.75) is 24.3 Å². The summed E-state index contributed by atoms with van der Waals surface area (Å²) in [4.78, 5) is 56.3. The lowest BCUT2D eigenvalue weighted by Crippen LogP contribution is -2.49. The van der Waals surface area contributed by atoms with Gasteiger partial charge in [0.05, 0.1) is 12.8 Å². The van der Waals surface area contributed by atoms with E-state index in [9.17, 15) is 29.4 Å². The van der Waals surface area contributed by atoms with Gasteiger partial charge in [0.25, 0.3) is 0 Å². The number of carboxylic acids is 2. The molecule has 1 aromatic carbocycles. The standard InChI is InChI=1S/C22H25N3O7S/c1-25(2)32-17(27)11-7-6-10-15-13-33-20(24-18(15)21(28)29)19(22(30)31)23-16(26)12-14-8-4-3-5-9-14/h3-10,19-20H,11-13H2,1-2H3,(H,23,26)(H,28,29)(H,30,31)/b7-6+,15-10+. The molecule has 1 aromatic rings. The molecule has 2 atom stereocenters. The fourth-order valence-corrected chi connectivity index (χ4v) is 3.97. The molecule has 0 bridgehead atoms. The molecule has 176 valence electrons. The molecule has 1 heterocycles. The van der Waals surface area contributed by atoms with Crippen molar-refractivity contribution in [3.63, 3.8) is 0 Å². The van der Waals surface area contributed by atoms with Crippen molar-refractivity contribution in [1.29, 1.82) is 0 Å². The van der Waals surface area contributed by atoms with Crippen LogP contribution in [0, 0.1) is 0 Å². The first-order valence-electron chi connectivity index (χ1n) is 9.90. The van der Waals surface area contributed by atoms with Crippen LogP contribution in [-0.2, 0) is 30.4 Å². The second-order valence-electron chi connectivity index (χ2n) is 7.13. The third kappa shape index (κ3) is 8.54. The summed E-state index contributed by atoms with van der Waals surface area (Å²) in [5.74, 6) is -3.44. The number of aliphatic carboxylic acids is 2. The summed E-state index contributed by atoms with van der Waals surface area (Å²) in [7, 11) is 3.15. The molecule has 1 aliphatic heterocycles. The van der Waals surface area contributed by atoms with Crippen molar-refractivity contribution in [2.24, 2.45) is 4.99 Å². The van der Waals surface area contributed by atoms with E-state index in [4.69, 9.17) is 4.84 Å². The Morgan fingerprint density at radius 3 is 2.55 bits per heavy atom. The number of aliphatic imine (C=N–C) groups is 1. The van der Waals surface area contributed by atoms with E-state index in [-0.39, 0.29) is 24.3 Å². The molecule has 0 spiro atoms. The molecule has 11 heteroatoms. The molecule has 2 unspecified atom stereocenters. The van der Waals surface area contributed by atoms with Crippen molar-refractivity contribution in [3.8, 4) is 0 Å². The number of thioether (sulfide) groups is 1. The molecule has 33 heavy (non-hydrogen) atoms. The van der Waals surface area contributed by atoms with Gasteiger partial charge in [0.2, 0.25) is 5.91 Å². The highest BCUT2D eigenvalue weighted by atomic mass is 32.2. The topological polar surface area (TPSA) is 146 Å². The Bertz CT molecular complexity index is 973. The Kier molecular flexibility index (Phi) is 9.83. The van der Waals surface area contributed by atoms with Gasteiger partial charge in [-0.05, 0) is 11.1 Å². The molecule has 0 saturated carbocycles. The zero-order chi connectivity index (χ0) is 24.4. The Morgan fingerprint density at radius 2 is 1.94 bits per heavy atom. The summed E-state index contributed by atoms with van der Waals surface area (Å²) in [6.07, 6.45) is 4.51. The molecule has 0 aromatic heterocycles. The van der Waals surface area contributed by atoms with Gasteiger partial charge in [-0.25, -0.2) is 9.59 Å². The summed E-state index contributed by atoms with van der Waals surface area (Å²) >= 11 is 1.10. The zero-order valence-corrected chi connectivity index (χ0v) is 18.9. The summed E-state index contributed by atoms with van der Waals surface area (Å²) in [6.45, 7) is 0. The first-order chi connectivity index (χ1) is 15.7.